The Balaban J connectivity index is 1.80. The van der Waals surface area contributed by atoms with Gasteiger partial charge in [-0.2, -0.15) is 0 Å². The van der Waals surface area contributed by atoms with E-state index in [1.165, 1.54) is 0 Å². The third kappa shape index (κ3) is 4.84. The number of carbonyl (C=O) groups is 2. The predicted octanol–water partition coefficient (Wildman–Crippen LogP) is 1.78. The van der Waals surface area contributed by atoms with Crippen LogP contribution in [0.2, 0.25) is 0 Å². The highest BCUT2D eigenvalue weighted by Gasteiger charge is 2.26. The number of nitrogens with one attached hydrogen (secondary N) is 1. The van der Waals surface area contributed by atoms with Gasteiger partial charge in [-0.05, 0) is 30.5 Å². The highest BCUT2D eigenvalue weighted by Crippen LogP contribution is 2.19. The Morgan fingerprint density at radius 1 is 1.30 bits per heavy atom. The van der Waals surface area contributed by atoms with Crippen molar-refractivity contribution in [1.29, 1.82) is 0 Å². The van der Waals surface area contributed by atoms with Gasteiger partial charge >= 0.3 is 0 Å². The number of ether oxygens (including phenoxy) is 1. The Morgan fingerprint density at radius 2 is 1.96 bits per heavy atom. The first-order valence-corrected chi connectivity index (χ1v) is 7.93. The van der Waals surface area contributed by atoms with Gasteiger partial charge in [-0.15, -0.1) is 6.58 Å². The molecule has 1 saturated heterocycles. The molecule has 2 rings (SSSR count). The molecule has 1 aliphatic rings. The monoisotopic (exact) mass is 316 g/mol. The molecule has 0 bridgehead atoms. The molecule has 1 N–H and O–H groups in total. The molecule has 124 valence electrons. The second kappa shape index (κ2) is 8.36. The van der Waals surface area contributed by atoms with Crippen molar-refractivity contribution in [3.8, 4) is 5.75 Å². The second-order valence-electron chi connectivity index (χ2n) is 5.71. The van der Waals surface area contributed by atoms with Crippen molar-refractivity contribution >= 4 is 11.8 Å². The molecule has 5 nitrogen and oxygen atoms in total. The average molecular weight is 316 g/mol. The van der Waals surface area contributed by atoms with Gasteiger partial charge in [-0.1, -0.05) is 18.2 Å². The summed E-state index contributed by atoms with van der Waals surface area (Å²) in [6, 6.07) is 7.54. The lowest BCUT2D eigenvalue weighted by Crippen LogP contribution is -2.43. The summed E-state index contributed by atoms with van der Waals surface area (Å²) in [4.78, 5) is 26.1. The van der Waals surface area contributed by atoms with Crippen LogP contribution in [0.25, 0.3) is 0 Å². The molecule has 1 aromatic carbocycles. The first-order chi connectivity index (χ1) is 11.1. The molecule has 1 heterocycles. The lowest BCUT2D eigenvalue weighted by atomic mass is 9.95. The van der Waals surface area contributed by atoms with Crippen LogP contribution in [0.15, 0.2) is 36.9 Å². The van der Waals surface area contributed by atoms with Gasteiger partial charge in [0, 0.05) is 25.6 Å². The summed E-state index contributed by atoms with van der Waals surface area (Å²) in [5.41, 5.74) is 0.974. The van der Waals surface area contributed by atoms with Crippen LogP contribution in [0, 0.1) is 5.92 Å². The summed E-state index contributed by atoms with van der Waals surface area (Å²) in [6.07, 6.45) is 3.50. The molecule has 1 fully saturated rings. The Bertz CT molecular complexity index is 546. The standard InChI is InChI=1S/C18H24N2O3/c1-3-10-19-18(22)15-8-11-20(12-9-15)17(21)13-14-4-6-16(23-2)7-5-14/h3-7,15H,1,8-13H2,2H3,(H,19,22). The third-order valence-electron chi connectivity index (χ3n) is 4.15. The number of carbonyl (C=O) groups excluding carboxylic acids is 2. The number of rotatable bonds is 6. The lowest BCUT2D eigenvalue weighted by Gasteiger charge is -2.31. The molecule has 0 spiro atoms. The number of benzene rings is 1. The van der Waals surface area contributed by atoms with Crippen LogP contribution in [-0.4, -0.2) is 43.5 Å². The van der Waals surface area contributed by atoms with Crippen LogP contribution in [-0.2, 0) is 16.0 Å². The summed E-state index contributed by atoms with van der Waals surface area (Å²) in [6.45, 7) is 5.36. The molecule has 0 radical (unpaired) electrons. The molecule has 5 heteroatoms. The van der Waals surface area contributed by atoms with E-state index in [9.17, 15) is 9.59 Å². The van der Waals surface area contributed by atoms with E-state index in [0.717, 1.165) is 24.2 Å². The van der Waals surface area contributed by atoms with Crippen molar-refractivity contribution in [3.05, 3.63) is 42.5 Å². The SMILES string of the molecule is C=CCNC(=O)C1CCN(C(=O)Cc2ccc(OC)cc2)CC1. The fourth-order valence-corrected chi connectivity index (χ4v) is 2.74. The maximum atomic E-state index is 12.4. The molecular weight excluding hydrogens is 292 g/mol. The van der Waals surface area contributed by atoms with Crippen molar-refractivity contribution in [1.82, 2.24) is 10.2 Å². The largest absolute Gasteiger partial charge is 0.497 e. The Kier molecular flexibility index (Phi) is 6.20. The van der Waals surface area contributed by atoms with Gasteiger partial charge in [-0.3, -0.25) is 9.59 Å². The fourth-order valence-electron chi connectivity index (χ4n) is 2.74. The predicted molar refractivity (Wildman–Crippen MR) is 89.2 cm³/mol. The highest BCUT2D eigenvalue weighted by atomic mass is 16.5. The van der Waals surface area contributed by atoms with E-state index in [0.29, 0.717) is 26.1 Å². The fraction of sp³-hybridized carbons (Fsp3) is 0.444. The zero-order valence-electron chi connectivity index (χ0n) is 13.6. The minimum absolute atomic E-state index is 0.0000126. The number of hydrogen-bond donors (Lipinski definition) is 1. The number of hydrogen-bond acceptors (Lipinski definition) is 3. The lowest BCUT2D eigenvalue weighted by molar-refractivity contribution is -0.135. The van der Waals surface area contributed by atoms with Gasteiger partial charge in [-0.25, -0.2) is 0 Å². The molecule has 1 aromatic rings. The normalized spacial score (nSPS) is 15.1. The highest BCUT2D eigenvalue weighted by molar-refractivity contribution is 5.81. The molecule has 1 aliphatic heterocycles. The van der Waals surface area contributed by atoms with Crippen LogP contribution in [0.4, 0.5) is 0 Å². The van der Waals surface area contributed by atoms with E-state index in [1.54, 1.807) is 13.2 Å². The van der Waals surface area contributed by atoms with Crippen LogP contribution in [0.3, 0.4) is 0 Å². The van der Waals surface area contributed by atoms with E-state index in [4.69, 9.17) is 4.74 Å². The molecule has 2 amide bonds. The minimum Gasteiger partial charge on any atom is -0.497 e. The third-order valence-corrected chi connectivity index (χ3v) is 4.15. The Morgan fingerprint density at radius 3 is 2.52 bits per heavy atom. The first kappa shape index (κ1) is 17.1. The van der Waals surface area contributed by atoms with Crippen molar-refractivity contribution in [2.24, 2.45) is 5.92 Å². The van der Waals surface area contributed by atoms with Gasteiger partial charge < -0.3 is 15.0 Å². The molecule has 0 aromatic heterocycles. The topological polar surface area (TPSA) is 58.6 Å². The Labute approximate surface area is 137 Å². The number of nitrogens with zero attached hydrogens (tertiary/aromatic N) is 1. The molecule has 0 saturated carbocycles. The zero-order valence-corrected chi connectivity index (χ0v) is 13.6. The van der Waals surface area contributed by atoms with E-state index >= 15 is 0 Å². The maximum Gasteiger partial charge on any atom is 0.226 e. The van der Waals surface area contributed by atoms with Gasteiger partial charge in [0.2, 0.25) is 11.8 Å². The van der Waals surface area contributed by atoms with E-state index in [1.807, 2.05) is 29.2 Å². The molecule has 23 heavy (non-hydrogen) atoms. The molecular formula is C18H24N2O3. The summed E-state index contributed by atoms with van der Waals surface area (Å²) in [7, 11) is 1.62. The first-order valence-electron chi connectivity index (χ1n) is 7.93. The van der Waals surface area contributed by atoms with Gasteiger partial charge in [0.25, 0.3) is 0 Å². The van der Waals surface area contributed by atoms with Crippen LogP contribution in [0.5, 0.6) is 5.75 Å². The summed E-state index contributed by atoms with van der Waals surface area (Å²) in [5.74, 6) is 0.958. The summed E-state index contributed by atoms with van der Waals surface area (Å²) < 4.78 is 5.11. The number of likely N-dealkylation sites (tertiary alicyclic amines) is 1. The average Bonchev–Trinajstić information content (AvgIpc) is 2.60. The minimum atomic E-state index is -0.0000126. The van der Waals surface area contributed by atoms with E-state index < -0.39 is 0 Å². The summed E-state index contributed by atoms with van der Waals surface area (Å²) >= 11 is 0. The van der Waals surface area contributed by atoms with Crippen LogP contribution in [0.1, 0.15) is 18.4 Å². The van der Waals surface area contributed by atoms with E-state index in [-0.39, 0.29) is 17.7 Å². The number of amides is 2. The van der Waals surface area contributed by atoms with Gasteiger partial charge in [0.1, 0.15) is 5.75 Å². The Hall–Kier alpha value is -2.30. The van der Waals surface area contributed by atoms with Crippen molar-refractivity contribution in [3.63, 3.8) is 0 Å². The molecule has 0 aliphatic carbocycles. The van der Waals surface area contributed by atoms with Gasteiger partial charge in [0.05, 0.1) is 13.5 Å². The van der Waals surface area contributed by atoms with Crippen LogP contribution < -0.4 is 10.1 Å². The zero-order chi connectivity index (χ0) is 16.7. The molecule has 0 atom stereocenters. The van der Waals surface area contributed by atoms with Crippen LogP contribution >= 0.6 is 0 Å². The van der Waals surface area contributed by atoms with Gasteiger partial charge in [0.15, 0.2) is 0 Å². The van der Waals surface area contributed by atoms with Crippen molar-refractivity contribution in [2.45, 2.75) is 19.3 Å². The number of methoxy groups -OCH3 is 1. The summed E-state index contributed by atoms with van der Waals surface area (Å²) in [5, 5.41) is 2.82. The second-order valence-corrected chi connectivity index (χ2v) is 5.71. The smallest absolute Gasteiger partial charge is 0.226 e. The molecule has 0 unspecified atom stereocenters. The quantitative estimate of drug-likeness (QED) is 0.814. The number of piperidine rings is 1. The van der Waals surface area contributed by atoms with Crippen molar-refractivity contribution < 1.29 is 14.3 Å². The van der Waals surface area contributed by atoms with E-state index in [2.05, 4.69) is 11.9 Å². The maximum absolute atomic E-state index is 12.4. The van der Waals surface area contributed by atoms with Crippen molar-refractivity contribution in [2.75, 3.05) is 26.7 Å².